The first-order chi connectivity index (χ1) is 11.4. The Labute approximate surface area is 139 Å². The summed E-state index contributed by atoms with van der Waals surface area (Å²) < 4.78 is 39.5. The van der Waals surface area contributed by atoms with E-state index in [2.05, 4.69) is 4.98 Å². The van der Waals surface area contributed by atoms with E-state index in [4.69, 9.17) is 5.11 Å². The summed E-state index contributed by atoms with van der Waals surface area (Å²) in [6.07, 6.45) is -1.89. The lowest BCUT2D eigenvalue weighted by Crippen LogP contribution is -2.46. The molecule has 1 aromatic rings. The number of pyridine rings is 1. The highest BCUT2D eigenvalue weighted by Crippen LogP contribution is 2.36. The zero-order valence-electron chi connectivity index (χ0n) is 13.6. The van der Waals surface area contributed by atoms with Gasteiger partial charge in [0.25, 0.3) is 0 Å². The van der Waals surface area contributed by atoms with Gasteiger partial charge in [-0.2, -0.15) is 13.2 Å². The Hall–Kier alpha value is -1.83. The van der Waals surface area contributed by atoms with Crippen LogP contribution >= 0.6 is 0 Å². The number of anilines is 1. The summed E-state index contributed by atoms with van der Waals surface area (Å²) in [5.41, 5.74) is -0.777. The highest BCUT2D eigenvalue weighted by atomic mass is 19.4. The molecular formula is C16H22F3N3O2. The second kappa shape index (κ2) is 7.83. The molecule has 0 spiro atoms. The van der Waals surface area contributed by atoms with Crippen LogP contribution in [0.4, 0.5) is 19.0 Å². The molecule has 1 amide bonds. The summed E-state index contributed by atoms with van der Waals surface area (Å²) in [6, 6.07) is 2.27. The standard InChI is InChI=1S/C16H22F3N3O2/c1-2-21(9-10-23)15(24)12-5-4-8-22(11-12)14-13(16(17,18)19)6-3-7-20-14/h3,6-7,12,23H,2,4-5,8-11H2,1H3/t12-/m0/s1. The van der Waals surface area contributed by atoms with Gasteiger partial charge >= 0.3 is 6.18 Å². The maximum absolute atomic E-state index is 13.2. The minimum absolute atomic E-state index is 0.118. The second-order valence-corrected chi connectivity index (χ2v) is 5.80. The average molecular weight is 345 g/mol. The summed E-state index contributed by atoms with van der Waals surface area (Å²) >= 11 is 0. The molecular weight excluding hydrogens is 323 g/mol. The lowest BCUT2D eigenvalue weighted by Gasteiger charge is -2.36. The summed E-state index contributed by atoms with van der Waals surface area (Å²) in [5.74, 6) is -0.623. The fourth-order valence-electron chi connectivity index (χ4n) is 3.04. The van der Waals surface area contributed by atoms with Crippen molar-refractivity contribution in [3.63, 3.8) is 0 Å². The van der Waals surface area contributed by atoms with Crippen molar-refractivity contribution in [2.75, 3.05) is 37.7 Å². The van der Waals surface area contributed by atoms with Crippen LogP contribution in [0.25, 0.3) is 0 Å². The van der Waals surface area contributed by atoms with Gasteiger partial charge in [0.15, 0.2) is 0 Å². The minimum atomic E-state index is -4.48. The summed E-state index contributed by atoms with van der Waals surface area (Å²) in [5, 5.41) is 9.03. The molecule has 8 heteroatoms. The maximum Gasteiger partial charge on any atom is 0.419 e. The zero-order valence-corrected chi connectivity index (χ0v) is 13.6. The number of amides is 1. The van der Waals surface area contributed by atoms with Crippen LogP contribution in [0.1, 0.15) is 25.3 Å². The van der Waals surface area contributed by atoms with E-state index in [0.29, 0.717) is 25.9 Å². The molecule has 1 aromatic heterocycles. The van der Waals surface area contributed by atoms with Gasteiger partial charge in [-0.1, -0.05) is 0 Å². The van der Waals surface area contributed by atoms with Gasteiger partial charge in [-0.05, 0) is 31.9 Å². The Morgan fingerprint density at radius 1 is 1.50 bits per heavy atom. The van der Waals surface area contributed by atoms with Crippen LogP contribution in [-0.4, -0.2) is 53.7 Å². The summed E-state index contributed by atoms with van der Waals surface area (Å²) in [4.78, 5) is 19.5. The van der Waals surface area contributed by atoms with Gasteiger partial charge < -0.3 is 14.9 Å². The van der Waals surface area contributed by atoms with Crippen LogP contribution < -0.4 is 4.90 Å². The van der Waals surface area contributed by atoms with Crippen molar-refractivity contribution in [3.8, 4) is 0 Å². The third kappa shape index (κ3) is 4.17. The highest BCUT2D eigenvalue weighted by Gasteiger charge is 2.37. The molecule has 5 nitrogen and oxygen atoms in total. The number of piperidine rings is 1. The molecule has 1 aliphatic rings. The van der Waals surface area contributed by atoms with Gasteiger partial charge in [0.05, 0.1) is 18.1 Å². The summed E-state index contributed by atoms with van der Waals surface area (Å²) in [6.45, 7) is 3.04. The number of aliphatic hydroxyl groups excluding tert-OH is 1. The topological polar surface area (TPSA) is 56.7 Å². The van der Waals surface area contributed by atoms with Crippen molar-refractivity contribution in [2.24, 2.45) is 5.92 Å². The Morgan fingerprint density at radius 2 is 2.25 bits per heavy atom. The van der Waals surface area contributed by atoms with Crippen molar-refractivity contribution >= 4 is 11.7 Å². The molecule has 2 heterocycles. The Morgan fingerprint density at radius 3 is 2.88 bits per heavy atom. The number of nitrogens with zero attached hydrogens (tertiary/aromatic N) is 3. The molecule has 0 bridgehead atoms. The van der Waals surface area contributed by atoms with E-state index in [-0.39, 0.29) is 37.3 Å². The number of rotatable bonds is 5. The third-order valence-corrected chi connectivity index (χ3v) is 4.23. The van der Waals surface area contributed by atoms with Crippen molar-refractivity contribution in [1.29, 1.82) is 0 Å². The molecule has 24 heavy (non-hydrogen) atoms. The van der Waals surface area contributed by atoms with Crippen LogP contribution in [0.2, 0.25) is 0 Å². The van der Waals surface area contributed by atoms with E-state index in [0.717, 1.165) is 6.07 Å². The van der Waals surface area contributed by atoms with Crippen LogP contribution in [-0.2, 0) is 11.0 Å². The number of alkyl halides is 3. The monoisotopic (exact) mass is 345 g/mol. The van der Waals surface area contributed by atoms with E-state index >= 15 is 0 Å². The molecule has 1 atom stereocenters. The SMILES string of the molecule is CCN(CCO)C(=O)[C@H]1CCCN(c2ncccc2C(F)(F)F)C1. The number of hydrogen-bond donors (Lipinski definition) is 1. The Kier molecular flexibility index (Phi) is 6.04. The average Bonchev–Trinajstić information content (AvgIpc) is 2.58. The smallest absolute Gasteiger partial charge is 0.395 e. The van der Waals surface area contributed by atoms with Crippen LogP contribution in [0.3, 0.4) is 0 Å². The van der Waals surface area contributed by atoms with Gasteiger partial charge in [0.2, 0.25) is 5.91 Å². The van der Waals surface area contributed by atoms with Gasteiger partial charge in [-0.25, -0.2) is 4.98 Å². The van der Waals surface area contributed by atoms with Crippen molar-refractivity contribution in [2.45, 2.75) is 25.9 Å². The number of likely N-dealkylation sites (N-methyl/N-ethyl adjacent to an activating group) is 1. The minimum Gasteiger partial charge on any atom is -0.395 e. The Balaban J connectivity index is 2.18. The first-order valence-corrected chi connectivity index (χ1v) is 8.05. The molecule has 0 aliphatic carbocycles. The van der Waals surface area contributed by atoms with Crippen LogP contribution in [0.15, 0.2) is 18.3 Å². The van der Waals surface area contributed by atoms with Crippen LogP contribution in [0, 0.1) is 5.92 Å². The van der Waals surface area contributed by atoms with Crippen molar-refractivity contribution in [1.82, 2.24) is 9.88 Å². The van der Waals surface area contributed by atoms with Crippen molar-refractivity contribution < 1.29 is 23.1 Å². The van der Waals surface area contributed by atoms with E-state index in [1.54, 1.807) is 4.90 Å². The Bertz CT molecular complexity index is 566. The lowest BCUT2D eigenvalue weighted by molar-refractivity contribution is -0.137. The van der Waals surface area contributed by atoms with Crippen molar-refractivity contribution in [3.05, 3.63) is 23.9 Å². The van der Waals surface area contributed by atoms with Gasteiger partial charge in [-0.3, -0.25) is 4.79 Å². The number of hydrogen-bond acceptors (Lipinski definition) is 4. The van der Waals surface area contributed by atoms with E-state index in [1.165, 1.54) is 17.2 Å². The highest BCUT2D eigenvalue weighted by molar-refractivity contribution is 5.79. The predicted octanol–water partition coefficient (Wildman–Crippen LogP) is 2.16. The quantitative estimate of drug-likeness (QED) is 0.889. The predicted molar refractivity (Wildman–Crippen MR) is 83.5 cm³/mol. The number of carbonyl (C=O) groups is 1. The molecule has 2 rings (SSSR count). The largest absolute Gasteiger partial charge is 0.419 e. The molecule has 1 saturated heterocycles. The normalized spacial score (nSPS) is 18.5. The lowest BCUT2D eigenvalue weighted by atomic mass is 9.96. The van der Waals surface area contributed by atoms with E-state index in [9.17, 15) is 18.0 Å². The molecule has 1 aliphatic heterocycles. The van der Waals surface area contributed by atoms with Gasteiger partial charge in [0, 0.05) is 32.4 Å². The first-order valence-electron chi connectivity index (χ1n) is 8.05. The van der Waals surface area contributed by atoms with Gasteiger partial charge in [-0.15, -0.1) is 0 Å². The molecule has 0 radical (unpaired) electrons. The molecule has 0 aromatic carbocycles. The number of aliphatic hydroxyl groups is 1. The second-order valence-electron chi connectivity index (χ2n) is 5.80. The first kappa shape index (κ1) is 18.5. The fourth-order valence-corrected chi connectivity index (χ4v) is 3.04. The van der Waals surface area contributed by atoms with E-state index < -0.39 is 11.7 Å². The summed E-state index contributed by atoms with van der Waals surface area (Å²) in [7, 11) is 0. The number of halogens is 3. The number of aromatic nitrogens is 1. The van der Waals surface area contributed by atoms with E-state index in [1.807, 2.05) is 6.92 Å². The number of carbonyl (C=O) groups excluding carboxylic acids is 1. The molecule has 0 saturated carbocycles. The molecule has 134 valence electrons. The van der Waals surface area contributed by atoms with Crippen LogP contribution in [0.5, 0.6) is 0 Å². The fraction of sp³-hybridized carbons (Fsp3) is 0.625. The molecule has 1 N–H and O–H groups in total. The third-order valence-electron chi connectivity index (χ3n) is 4.23. The molecule has 1 fully saturated rings. The zero-order chi connectivity index (χ0) is 17.7. The molecule has 0 unspecified atom stereocenters. The van der Waals surface area contributed by atoms with Gasteiger partial charge in [0.1, 0.15) is 5.82 Å². The maximum atomic E-state index is 13.2.